The van der Waals surface area contributed by atoms with Crippen LogP contribution in [-0.2, 0) is 0 Å². The molecule has 3 aromatic rings. The molecule has 0 amide bonds. The van der Waals surface area contributed by atoms with Crippen molar-refractivity contribution in [2.45, 2.75) is 17.6 Å². The molecule has 3 aromatic carbocycles. The molecule has 0 spiro atoms. The summed E-state index contributed by atoms with van der Waals surface area (Å²) in [6.45, 7) is 0. The molecule has 3 N–H and O–H groups in total. The minimum atomic E-state index is -0.840. The van der Waals surface area contributed by atoms with Gasteiger partial charge in [0.15, 0.2) is 0 Å². The Morgan fingerprint density at radius 2 is 1.04 bits per heavy atom. The quantitative estimate of drug-likeness (QED) is 0.438. The Bertz CT molecular complexity index is 719. The molecule has 0 saturated carbocycles. The van der Waals surface area contributed by atoms with Gasteiger partial charge in [-0.05, 0) is 28.6 Å². The van der Waals surface area contributed by atoms with Gasteiger partial charge >= 0.3 is 0 Å². The number of benzene rings is 3. The van der Waals surface area contributed by atoms with Crippen LogP contribution in [0.1, 0.15) is 30.3 Å². The van der Waals surface area contributed by atoms with Crippen LogP contribution in [0.2, 0.25) is 0 Å². The predicted molar refractivity (Wildman–Crippen MR) is 105 cm³/mol. The fourth-order valence-corrected chi connectivity index (χ4v) is 3.60. The van der Waals surface area contributed by atoms with Gasteiger partial charge in [-0.25, -0.2) is 4.72 Å². The van der Waals surface area contributed by atoms with Gasteiger partial charge in [-0.2, -0.15) is 0 Å². The first kappa shape index (κ1) is 17.7. The number of nitrogens with one attached hydrogen (secondary N) is 1. The molecule has 3 nitrogen and oxygen atoms in total. The molecule has 25 heavy (non-hydrogen) atoms. The van der Waals surface area contributed by atoms with E-state index in [1.165, 1.54) is 0 Å². The Hall–Kier alpha value is -2.11. The molecule has 2 unspecified atom stereocenters. The van der Waals surface area contributed by atoms with E-state index >= 15 is 0 Å². The second kappa shape index (κ2) is 8.83. The average molecular weight is 353 g/mol. The van der Waals surface area contributed by atoms with Crippen LogP contribution in [0.15, 0.2) is 91.0 Å². The zero-order chi connectivity index (χ0) is 17.5. The lowest BCUT2D eigenvalue weighted by atomic mass is 9.92. The Morgan fingerprint density at radius 1 is 0.640 bits per heavy atom. The molecule has 4 heteroatoms. The number of hydrogen-bond donors (Lipinski definition) is 3. The molecule has 3 rings (SSSR count). The van der Waals surface area contributed by atoms with E-state index in [4.69, 9.17) is 0 Å². The maximum absolute atomic E-state index is 10.8. The minimum absolute atomic E-state index is 0. The van der Waals surface area contributed by atoms with Crippen molar-refractivity contribution in [1.29, 1.82) is 0 Å². The van der Waals surface area contributed by atoms with Crippen molar-refractivity contribution in [3.63, 3.8) is 0 Å². The van der Waals surface area contributed by atoms with E-state index in [0.29, 0.717) is 0 Å². The van der Waals surface area contributed by atoms with Crippen LogP contribution >= 0.6 is 11.9 Å². The van der Waals surface area contributed by atoms with Crippen LogP contribution < -0.4 is 4.72 Å². The monoisotopic (exact) mass is 353 g/mol. The summed E-state index contributed by atoms with van der Waals surface area (Å²) in [5.41, 5.74) is 2.08. The van der Waals surface area contributed by atoms with E-state index in [-0.39, 0.29) is 7.34 Å². The third-order valence-electron chi connectivity index (χ3n) is 4.02. The Balaban J connectivity index is 0.00000243. The van der Waals surface area contributed by atoms with E-state index in [0.717, 1.165) is 28.6 Å². The van der Waals surface area contributed by atoms with Crippen LogP contribution in [0, 0.1) is 0 Å². The standard InChI is InChI=1S/C21H21NO2S.H2/c23-20(18-14-8-3-9-15-18)22-25-21(24)19(16-10-4-1-5-11-16)17-12-6-2-7-13-17;/h1-15,19-24H;1H. The maximum Gasteiger partial charge on any atom is 0.139 e. The first-order valence-corrected chi connectivity index (χ1v) is 9.06. The highest BCUT2D eigenvalue weighted by Crippen LogP contribution is 2.33. The molecule has 0 heterocycles. The van der Waals surface area contributed by atoms with E-state index < -0.39 is 11.7 Å². The topological polar surface area (TPSA) is 52.5 Å². The summed E-state index contributed by atoms with van der Waals surface area (Å²) in [6.07, 6.45) is -0.840. The SMILES string of the molecule is OC(NSC(O)C(c1ccccc1)c1ccccc1)c1ccccc1.[HH]. The van der Waals surface area contributed by atoms with Crippen LogP contribution in [-0.4, -0.2) is 15.6 Å². The van der Waals surface area contributed by atoms with Gasteiger partial charge in [-0.15, -0.1) is 0 Å². The zero-order valence-electron chi connectivity index (χ0n) is 13.7. The van der Waals surface area contributed by atoms with Crippen molar-refractivity contribution < 1.29 is 11.6 Å². The third-order valence-corrected chi connectivity index (χ3v) is 4.89. The molecule has 0 aliphatic heterocycles. The van der Waals surface area contributed by atoms with Crippen molar-refractivity contribution in [2.75, 3.05) is 0 Å². The van der Waals surface area contributed by atoms with Gasteiger partial charge in [0.2, 0.25) is 0 Å². The molecule has 2 atom stereocenters. The zero-order valence-corrected chi connectivity index (χ0v) is 14.5. The summed E-state index contributed by atoms with van der Waals surface area (Å²) in [4.78, 5) is 0. The lowest BCUT2D eigenvalue weighted by Crippen LogP contribution is -2.23. The third kappa shape index (κ3) is 4.71. The van der Waals surface area contributed by atoms with Crippen molar-refractivity contribution in [2.24, 2.45) is 0 Å². The van der Waals surface area contributed by atoms with Gasteiger partial charge in [0.25, 0.3) is 0 Å². The highest BCUT2D eigenvalue weighted by Gasteiger charge is 2.24. The van der Waals surface area contributed by atoms with E-state index in [1.54, 1.807) is 0 Å². The molecule has 0 aromatic heterocycles. The summed E-state index contributed by atoms with van der Waals surface area (Å²) in [7, 11) is 0. The summed E-state index contributed by atoms with van der Waals surface area (Å²) < 4.78 is 2.94. The molecule has 0 aliphatic carbocycles. The van der Waals surface area contributed by atoms with Crippen molar-refractivity contribution in [3.8, 4) is 0 Å². The number of aliphatic hydroxyl groups is 2. The highest BCUT2D eigenvalue weighted by atomic mass is 32.2. The van der Waals surface area contributed by atoms with Gasteiger partial charge in [0.05, 0.1) is 0 Å². The molecule has 0 fully saturated rings. The van der Waals surface area contributed by atoms with Crippen molar-refractivity contribution >= 4 is 11.9 Å². The number of hydrogen-bond acceptors (Lipinski definition) is 4. The Kier molecular flexibility index (Phi) is 6.25. The largest absolute Gasteiger partial charge is 0.380 e. The smallest absolute Gasteiger partial charge is 0.139 e. The van der Waals surface area contributed by atoms with Gasteiger partial charge < -0.3 is 10.2 Å². The fraction of sp³-hybridized carbons (Fsp3) is 0.143. The fourth-order valence-electron chi connectivity index (χ4n) is 2.75. The van der Waals surface area contributed by atoms with Crippen LogP contribution in [0.4, 0.5) is 0 Å². The molecule has 0 saturated heterocycles. The second-order valence-corrected chi connectivity index (χ2v) is 6.69. The van der Waals surface area contributed by atoms with Crippen LogP contribution in [0.25, 0.3) is 0 Å². The molecular weight excluding hydrogens is 330 g/mol. The molecule has 0 bridgehead atoms. The van der Waals surface area contributed by atoms with E-state index in [9.17, 15) is 10.2 Å². The van der Waals surface area contributed by atoms with Gasteiger partial charge in [0.1, 0.15) is 11.7 Å². The van der Waals surface area contributed by atoms with Crippen molar-refractivity contribution in [1.82, 2.24) is 4.72 Å². The van der Waals surface area contributed by atoms with E-state index in [2.05, 4.69) is 4.72 Å². The molecule has 130 valence electrons. The maximum atomic E-state index is 10.8. The first-order valence-electron chi connectivity index (χ1n) is 8.18. The minimum Gasteiger partial charge on any atom is -0.380 e. The molecule has 0 aliphatic rings. The second-order valence-electron chi connectivity index (χ2n) is 5.74. The molecule has 0 radical (unpaired) electrons. The van der Waals surface area contributed by atoms with Gasteiger partial charge in [0, 0.05) is 7.34 Å². The highest BCUT2D eigenvalue weighted by molar-refractivity contribution is 7.97. The summed E-state index contributed by atoms with van der Waals surface area (Å²) in [6, 6.07) is 29.2. The van der Waals surface area contributed by atoms with Gasteiger partial charge in [-0.1, -0.05) is 91.0 Å². The number of aliphatic hydroxyl groups excluding tert-OH is 2. The summed E-state index contributed by atoms with van der Waals surface area (Å²) >= 11 is 1.13. The number of rotatable bonds is 7. The van der Waals surface area contributed by atoms with Crippen LogP contribution in [0.5, 0.6) is 0 Å². The Morgan fingerprint density at radius 3 is 1.48 bits per heavy atom. The van der Waals surface area contributed by atoms with Gasteiger partial charge in [-0.3, -0.25) is 0 Å². The summed E-state index contributed by atoms with van der Waals surface area (Å²) in [5.74, 6) is -0.192. The van der Waals surface area contributed by atoms with E-state index in [1.807, 2.05) is 91.0 Å². The lowest BCUT2D eigenvalue weighted by molar-refractivity contribution is 0.166. The summed E-state index contributed by atoms with van der Waals surface area (Å²) in [5, 5.41) is 21.1. The Labute approximate surface area is 154 Å². The first-order chi connectivity index (χ1) is 12.3. The predicted octanol–water partition coefficient (Wildman–Crippen LogP) is 4.31. The normalized spacial score (nSPS) is 13.6. The molecular formula is C21H23NO2S. The van der Waals surface area contributed by atoms with Crippen molar-refractivity contribution in [3.05, 3.63) is 108 Å². The lowest BCUT2D eigenvalue weighted by Gasteiger charge is -2.25. The average Bonchev–Trinajstić information content (AvgIpc) is 2.69. The van der Waals surface area contributed by atoms with Crippen LogP contribution in [0.3, 0.4) is 0 Å².